The van der Waals surface area contributed by atoms with E-state index in [2.05, 4.69) is 15.1 Å². The molecule has 1 atom stereocenters. The van der Waals surface area contributed by atoms with Gasteiger partial charge >= 0.3 is 0 Å². The van der Waals surface area contributed by atoms with Crippen molar-refractivity contribution in [1.29, 1.82) is 0 Å². The molecular weight excluding hydrogens is 290 g/mol. The van der Waals surface area contributed by atoms with Gasteiger partial charge in [-0.05, 0) is 18.6 Å². The molecule has 1 aliphatic rings. The Morgan fingerprint density at radius 3 is 2.95 bits per heavy atom. The van der Waals surface area contributed by atoms with Gasteiger partial charge in [0.25, 0.3) is 5.89 Å². The second kappa shape index (κ2) is 5.09. The topological polar surface area (TPSA) is 61.0 Å². The molecule has 5 nitrogen and oxygen atoms in total. The van der Waals surface area contributed by atoms with E-state index in [0.717, 1.165) is 23.9 Å². The van der Waals surface area contributed by atoms with Crippen molar-refractivity contribution in [2.24, 2.45) is 0 Å². The third-order valence-corrected chi connectivity index (χ3v) is 3.93. The van der Waals surface area contributed by atoms with E-state index in [1.165, 1.54) is 0 Å². The first kappa shape index (κ1) is 12.7. The lowest BCUT2D eigenvalue weighted by Crippen LogP contribution is -1.99. The second-order valence-electron chi connectivity index (χ2n) is 5.03. The third kappa shape index (κ3) is 2.28. The summed E-state index contributed by atoms with van der Waals surface area (Å²) in [6.07, 6.45) is 0.927. The Labute approximate surface area is 125 Å². The fraction of sp³-hybridized carbons (Fsp3) is 0.267. The second-order valence-corrected chi connectivity index (χ2v) is 5.43. The van der Waals surface area contributed by atoms with Gasteiger partial charge in [-0.25, -0.2) is 4.98 Å². The SMILES string of the molecule is Clc1cccc2ccc(-c3nc(C4CCOC4)no3)nc12. The van der Waals surface area contributed by atoms with Gasteiger partial charge in [-0.1, -0.05) is 35.0 Å². The fourth-order valence-corrected chi connectivity index (χ4v) is 2.70. The van der Waals surface area contributed by atoms with Crippen molar-refractivity contribution in [2.45, 2.75) is 12.3 Å². The van der Waals surface area contributed by atoms with E-state index >= 15 is 0 Å². The van der Waals surface area contributed by atoms with E-state index in [1.54, 1.807) is 0 Å². The molecule has 0 N–H and O–H groups in total. The normalized spacial score (nSPS) is 18.4. The van der Waals surface area contributed by atoms with E-state index in [-0.39, 0.29) is 5.92 Å². The third-order valence-electron chi connectivity index (χ3n) is 3.63. The van der Waals surface area contributed by atoms with E-state index in [1.807, 2.05) is 30.3 Å². The molecule has 0 aliphatic carbocycles. The van der Waals surface area contributed by atoms with Crippen molar-refractivity contribution in [3.05, 3.63) is 41.2 Å². The van der Waals surface area contributed by atoms with Gasteiger partial charge in [-0.15, -0.1) is 0 Å². The highest BCUT2D eigenvalue weighted by Gasteiger charge is 2.23. The van der Waals surface area contributed by atoms with Crippen LogP contribution in [0.4, 0.5) is 0 Å². The molecule has 2 aromatic heterocycles. The predicted octanol–water partition coefficient (Wildman–Crippen LogP) is 3.44. The smallest absolute Gasteiger partial charge is 0.276 e. The number of rotatable bonds is 2. The molecule has 0 saturated carbocycles. The average molecular weight is 302 g/mol. The minimum Gasteiger partial charge on any atom is -0.381 e. The number of ether oxygens (including phenoxy) is 1. The molecule has 1 aromatic carbocycles. The summed E-state index contributed by atoms with van der Waals surface area (Å²) in [5.74, 6) is 1.31. The van der Waals surface area contributed by atoms with Gasteiger partial charge in [0.1, 0.15) is 5.69 Å². The molecular formula is C15H12ClN3O2. The Morgan fingerprint density at radius 2 is 2.10 bits per heavy atom. The van der Waals surface area contributed by atoms with Crippen molar-refractivity contribution in [1.82, 2.24) is 15.1 Å². The van der Waals surface area contributed by atoms with E-state index < -0.39 is 0 Å². The highest BCUT2D eigenvalue weighted by Crippen LogP contribution is 2.27. The van der Waals surface area contributed by atoms with E-state index in [0.29, 0.717) is 29.0 Å². The van der Waals surface area contributed by atoms with Crippen LogP contribution in [0.2, 0.25) is 5.02 Å². The summed E-state index contributed by atoms with van der Waals surface area (Å²) < 4.78 is 10.7. The maximum Gasteiger partial charge on any atom is 0.276 e. The molecule has 1 saturated heterocycles. The summed E-state index contributed by atoms with van der Waals surface area (Å²) in [6, 6.07) is 9.49. The van der Waals surface area contributed by atoms with Crippen LogP contribution in [0, 0.1) is 0 Å². The van der Waals surface area contributed by atoms with Gasteiger partial charge in [-0.3, -0.25) is 0 Å². The van der Waals surface area contributed by atoms with E-state index in [4.69, 9.17) is 20.9 Å². The molecule has 0 spiro atoms. The van der Waals surface area contributed by atoms with Crippen LogP contribution in [0.15, 0.2) is 34.9 Å². The number of halogens is 1. The summed E-state index contributed by atoms with van der Waals surface area (Å²) in [5.41, 5.74) is 1.37. The first-order valence-corrected chi connectivity index (χ1v) is 7.16. The first-order chi connectivity index (χ1) is 10.3. The summed E-state index contributed by atoms with van der Waals surface area (Å²) in [6.45, 7) is 1.40. The van der Waals surface area contributed by atoms with Gasteiger partial charge in [0.2, 0.25) is 0 Å². The lowest BCUT2D eigenvalue weighted by Gasteiger charge is -2.01. The summed E-state index contributed by atoms with van der Waals surface area (Å²) in [7, 11) is 0. The van der Waals surface area contributed by atoms with Crippen LogP contribution in [-0.4, -0.2) is 28.3 Å². The van der Waals surface area contributed by atoms with Gasteiger partial charge in [0, 0.05) is 17.9 Å². The summed E-state index contributed by atoms with van der Waals surface area (Å²) in [5, 5.41) is 5.63. The molecule has 6 heteroatoms. The number of para-hydroxylation sites is 1. The number of benzene rings is 1. The van der Waals surface area contributed by atoms with E-state index in [9.17, 15) is 0 Å². The Hall–Kier alpha value is -1.98. The number of nitrogens with zero attached hydrogens (tertiary/aromatic N) is 3. The maximum atomic E-state index is 6.18. The molecule has 3 aromatic rings. The molecule has 3 heterocycles. The van der Waals surface area contributed by atoms with Crippen molar-refractivity contribution in [2.75, 3.05) is 13.2 Å². The minimum absolute atomic E-state index is 0.214. The molecule has 4 rings (SSSR count). The Kier molecular flexibility index (Phi) is 3.09. The zero-order valence-electron chi connectivity index (χ0n) is 11.1. The lowest BCUT2D eigenvalue weighted by molar-refractivity contribution is 0.192. The van der Waals surface area contributed by atoms with Gasteiger partial charge in [0.05, 0.1) is 17.1 Å². The van der Waals surface area contributed by atoms with Crippen LogP contribution < -0.4 is 0 Å². The predicted molar refractivity (Wildman–Crippen MR) is 78.2 cm³/mol. The van der Waals surface area contributed by atoms with Crippen molar-refractivity contribution >= 4 is 22.5 Å². The zero-order chi connectivity index (χ0) is 14.2. The number of aromatic nitrogens is 3. The highest BCUT2D eigenvalue weighted by atomic mass is 35.5. The van der Waals surface area contributed by atoms with Crippen LogP contribution in [0.25, 0.3) is 22.5 Å². The molecule has 0 amide bonds. The standard InChI is InChI=1S/C15H12ClN3O2/c16-11-3-1-2-9-4-5-12(17-13(9)11)15-18-14(19-21-15)10-6-7-20-8-10/h1-5,10H,6-8H2. The minimum atomic E-state index is 0.214. The molecule has 1 unspecified atom stereocenters. The molecule has 106 valence electrons. The molecule has 21 heavy (non-hydrogen) atoms. The van der Waals surface area contributed by atoms with Crippen LogP contribution in [0.1, 0.15) is 18.2 Å². The Balaban J connectivity index is 1.74. The number of fused-ring (bicyclic) bond motifs is 1. The van der Waals surface area contributed by atoms with Gasteiger partial charge in [0.15, 0.2) is 5.82 Å². The number of hydrogen-bond donors (Lipinski definition) is 0. The largest absolute Gasteiger partial charge is 0.381 e. The van der Waals surface area contributed by atoms with Gasteiger partial charge in [-0.2, -0.15) is 4.98 Å². The lowest BCUT2D eigenvalue weighted by atomic mass is 10.1. The molecule has 0 bridgehead atoms. The quantitative estimate of drug-likeness (QED) is 0.725. The monoisotopic (exact) mass is 301 g/mol. The molecule has 0 radical (unpaired) electrons. The summed E-state index contributed by atoms with van der Waals surface area (Å²) in [4.78, 5) is 8.96. The Bertz CT molecular complexity index is 796. The van der Waals surface area contributed by atoms with Crippen molar-refractivity contribution in [3.63, 3.8) is 0 Å². The summed E-state index contributed by atoms with van der Waals surface area (Å²) >= 11 is 6.18. The van der Waals surface area contributed by atoms with Crippen LogP contribution >= 0.6 is 11.6 Å². The number of hydrogen-bond acceptors (Lipinski definition) is 5. The zero-order valence-corrected chi connectivity index (χ0v) is 11.9. The molecule has 1 fully saturated rings. The van der Waals surface area contributed by atoms with Crippen molar-refractivity contribution in [3.8, 4) is 11.6 Å². The van der Waals surface area contributed by atoms with Crippen LogP contribution in [0.5, 0.6) is 0 Å². The maximum absolute atomic E-state index is 6.18. The van der Waals surface area contributed by atoms with Crippen LogP contribution in [-0.2, 0) is 4.74 Å². The first-order valence-electron chi connectivity index (χ1n) is 6.78. The fourth-order valence-electron chi connectivity index (χ4n) is 2.47. The molecule has 1 aliphatic heterocycles. The highest BCUT2D eigenvalue weighted by molar-refractivity contribution is 6.35. The average Bonchev–Trinajstić information content (AvgIpc) is 3.18. The van der Waals surface area contributed by atoms with Crippen molar-refractivity contribution < 1.29 is 9.26 Å². The number of pyridine rings is 1. The van der Waals surface area contributed by atoms with Gasteiger partial charge < -0.3 is 9.26 Å². The van der Waals surface area contributed by atoms with Crippen LogP contribution in [0.3, 0.4) is 0 Å². The Morgan fingerprint density at radius 1 is 1.14 bits per heavy atom.